The van der Waals surface area contributed by atoms with E-state index in [1.807, 2.05) is 13.8 Å². The minimum Gasteiger partial charge on any atom is -0.335 e. The summed E-state index contributed by atoms with van der Waals surface area (Å²) in [4.78, 5) is 24.3. The Kier molecular flexibility index (Phi) is 4.74. The van der Waals surface area contributed by atoms with Gasteiger partial charge in [0.05, 0.1) is 5.69 Å². The Morgan fingerprint density at radius 1 is 1.16 bits per heavy atom. The molecular weight excluding hydrogens is 318 g/mol. The zero-order chi connectivity index (χ0) is 18.0. The zero-order valence-electron chi connectivity index (χ0n) is 14.7. The first-order chi connectivity index (χ1) is 11.9. The van der Waals surface area contributed by atoms with E-state index >= 15 is 0 Å². The van der Waals surface area contributed by atoms with Crippen LogP contribution < -0.4 is 16.0 Å². The van der Waals surface area contributed by atoms with Crippen LogP contribution in [0.3, 0.4) is 0 Å². The van der Waals surface area contributed by atoms with Gasteiger partial charge in [-0.25, -0.2) is 4.79 Å². The van der Waals surface area contributed by atoms with Crippen LogP contribution >= 0.6 is 0 Å². The van der Waals surface area contributed by atoms with Crippen LogP contribution in [0.15, 0.2) is 30.3 Å². The molecule has 1 aromatic carbocycles. The fraction of sp³-hybridized carbons (Fsp3) is 0.389. The van der Waals surface area contributed by atoms with Crippen LogP contribution in [0.5, 0.6) is 0 Å². The largest absolute Gasteiger partial charge is 0.335 e. The van der Waals surface area contributed by atoms with Crippen LogP contribution in [0.2, 0.25) is 0 Å². The summed E-state index contributed by atoms with van der Waals surface area (Å²) in [5, 5.41) is 12.8. The molecule has 7 nitrogen and oxygen atoms in total. The molecule has 2 aromatic rings. The predicted molar refractivity (Wildman–Crippen MR) is 96.9 cm³/mol. The number of carbonyl (C=O) groups is 2. The van der Waals surface area contributed by atoms with Gasteiger partial charge in [-0.1, -0.05) is 19.9 Å². The maximum atomic E-state index is 12.5. The molecule has 0 bridgehead atoms. The second kappa shape index (κ2) is 6.96. The molecule has 0 radical (unpaired) electrons. The fourth-order valence-corrected chi connectivity index (χ4v) is 2.43. The topological polar surface area (TPSA) is 88.0 Å². The molecule has 7 heteroatoms. The maximum absolute atomic E-state index is 12.5. The van der Waals surface area contributed by atoms with E-state index in [2.05, 4.69) is 21.0 Å². The number of hydrogen-bond acceptors (Lipinski definition) is 3. The molecule has 0 atom stereocenters. The van der Waals surface area contributed by atoms with Gasteiger partial charge in [0, 0.05) is 24.5 Å². The normalized spacial score (nSPS) is 13.6. The summed E-state index contributed by atoms with van der Waals surface area (Å²) < 4.78 is 1.58. The number of aryl methyl sites for hydroxylation is 1. The molecule has 0 aliphatic heterocycles. The lowest BCUT2D eigenvalue weighted by molar-refractivity contribution is 0.101. The van der Waals surface area contributed by atoms with Crippen LogP contribution in [0.1, 0.15) is 48.8 Å². The van der Waals surface area contributed by atoms with Crippen molar-refractivity contribution in [3.8, 4) is 0 Å². The number of aromatic nitrogens is 2. The minimum absolute atomic E-state index is 0.223. The Labute approximate surface area is 146 Å². The lowest BCUT2D eigenvalue weighted by Gasteiger charge is -2.09. The van der Waals surface area contributed by atoms with Crippen molar-refractivity contribution in [1.82, 2.24) is 15.1 Å². The number of nitrogens with one attached hydrogen (secondary N) is 3. The van der Waals surface area contributed by atoms with Gasteiger partial charge in [-0.3, -0.25) is 9.48 Å². The zero-order valence-corrected chi connectivity index (χ0v) is 14.7. The quantitative estimate of drug-likeness (QED) is 0.781. The van der Waals surface area contributed by atoms with E-state index < -0.39 is 0 Å². The van der Waals surface area contributed by atoms with E-state index in [4.69, 9.17) is 0 Å². The predicted octanol–water partition coefficient (Wildman–Crippen LogP) is 3.08. The standard InChI is InChI=1S/C18H23N5O2/c1-11(2)15-10-16(23(3)22-15)17(24)19-13-5-4-6-14(9-13)21-18(25)20-12-7-8-12/h4-6,9-12H,7-8H2,1-3H3,(H,19,24)(H2,20,21,25). The van der Waals surface area contributed by atoms with Crippen LogP contribution in [0, 0.1) is 0 Å². The van der Waals surface area contributed by atoms with Crippen LogP contribution in [0.4, 0.5) is 16.2 Å². The minimum atomic E-state index is -0.235. The first-order valence-electron chi connectivity index (χ1n) is 8.45. The van der Waals surface area contributed by atoms with E-state index in [1.165, 1.54) is 0 Å². The summed E-state index contributed by atoms with van der Waals surface area (Å²) in [6.45, 7) is 4.07. The molecule has 1 saturated carbocycles. The number of benzene rings is 1. The average Bonchev–Trinajstić information content (AvgIpc) is 3.25. The highest BCUT2D eigenvalue weighted by Crippen LogP contribution is 2.20. The van der Waals surface area contributed by atoms with Crippen molar-refractivity contribution in [3.05, 3.63) is 41.7 Å². The Bertz CT molecular complexity index is 793. The lowest BCUT2D eigenvalue weighted by atomic mass is 10.1. The summed E-state index contributed by atoms with van der Waals surface area (Å²) in [5.41, 5.74) is 2.61. The van der Waals surface area contributed by atoms with Crippen molar-refractivity contribution in [2.24, 2.45) is 7.05 Å². The number of urea groups is 1. The molecule has 0 spiro atoms. The highest BCUT2D eigenvalue weighted by molar-refractivity contribution is 6.03. The third-order valence-corrected chi connectivity index (χ3v) is 4.01. The summed E-state index contributed by atoms with van der Waals surface area (Å²) in [7, 11) is 1.75. The third kappa shape index (κ3) is 4.37. The SMILES string of the molecule is CC(C)c1cc(C(=O)Nc2cccc(NC(=O)NC3CC3)c2)n(C)n1. The fourth-order valence-electron chi connectivity index (χ4n) is 2.43. The molecule has 3 amide bonds. The number of amides is 3. The van der Waals surface area contributed by atoms with Crippen molar-refractivity contribution in [2.75, 3.05) is 10.6 Å². The van der Waals surface area contributed by atoms with Gasteiger partial charge in [-0.15, -0.1) is 0 Å². The number of nitrogens with zero attached hydrogens (tertiary/aromatic N) is 2. The van der Waals surface area contributed by atoms with E-state index in [9.17, 15) is 9.59 Å². The summed E-state index contributed by atoms with van der Waals surface area (Å²) >= 11 is 0. The van der Waals surface area contributed by atoms with Gasteiger partial charge in [-0.2, -0.15) is 5.10 Å². The molecular formula is C18H23N5O2. The Morgan fingerprint density at radius 2 is 1.84 bits per heavy atom. The molecule has 1 fully saturated rings. The molecule has 0 unspecified atom stereocenters. The van der Waals surface area contributed by atoms with Crippen molar-refractivity contribution < 1.29 is 9.59 Å². The summed E-state index contributed by atoms with van der Waals surface area (Å²) in [5.74, 6) is 0.0201. The van der Waals surface area contributed by atoms with Crippen molar-refractivity contribution in [3.63, 3.8) is 0 Å². The molecule has 1 aliphatic carbocycles. The highest BCUT2D eigenvalue weighted by Gasteiger charge is 2.23. The van der Waals surface area contributed by atoms with E-state index in [1.54, 1.807) is 42.1 Å². The molecule has 1 aromatic heterocycles. The number of rotatable bonds is 5. The maximum Gasteiger partial charge on any atom is 0.319 e. The first-order valence-corrected chi connectivity index (χ1v) is 8.45. The number of hydrogen-bond donors (Lipinski definition) is 3. The van der Waals surface area contributed by atoms with E-state index in [0.29, 0.717) is 23.1 Å². The average molecular weight is 341 g/mol. The molecule has 3 N–H and O–H groups in total. The van der Waals surface area contributed by atoms with E-state index in [0.717, 1.165) is 18.5 Å². The highest BCUT2D eigenvalue weighted by atomic mass is 16.2. The van der Waals surface area contributed by atoms with Crippen molar-refractivity contribution in [2.45, 2.75) is 38.6 Å². The molecule has 1 heterocycles. The van der Waals surface area contributed by atoms with Crippen LogP contribution in [-0.2, 0) is 7.05 Å². The van der Waals surface area contributed by atoms with Gasteiger partial charge in [0.15, 0.2) is 0 Å². The third-order valence-electron chi connectivity index (χ3n) is 4.01. The van der Waals surface area contributed by atoms with E-state index in [-0.39, 0.29) is 17.9 Å². The lowest BCUT2D eigenvalue weighted by Crippen LogP contribution is -2.30. The molecule has 25 heavy (non-hydrogen) atoms. The summed E-state index contributed by atoms with van der Waals surface area (Å²) in [6, 6.07) is 8.94. The summed E-state index contributed by atoms with van der Waals surface area (Å²) in [6.07, 6.45) is 2.07. The van der Waals surface area contributed by atoms with Crippen LogP contribution in [0.25, 0.3) is 0 Å². The van der Waals surface area contributed by atoms with Crippen LogP contribution in [-0.4, -0.2) is 27.8 Å². The smallest absolute Gasteiger partial charge is 0.319 e. The molecule has 132 valence electrons. The van der Waals surface area contributed by atoms with Gasteiger partial charge < -0.3 is 16.0 Å². The second-order valence-corrected chi connectivity index (χ2v) is 6.64. The number of carbonyl (C=O) groups excluding carboxylic acids is 2. The van der Waals surface area contributed by atoms with Gasteiger partial charge >= 0.3 is 6.03 Å². The number of anilines is 2. The van der Waals surface area contributed by atoms with Crippen molar-refractivity contribution in [1.29, 1.82) is 0 Å². The Balaban J connectivity index is 1.66. The van der Waals surface area contributed by atoms with Gasteiger partial charge in [0.2, 0.25) is 0 Å². The van der Waals surface area contributed by atoms with Gasteiger partial charge in [-0.05, 0) is 43.0 Å². The second-order valence-electron chi connectivity index (χ2n) is 6.64. The Hall–Kier alpha value is -2.83. The van der Waals surface area contributed by atoms with Crippen molar-refractivity contribution >= 4 is 23.3 Å². The first kappa shape index (κ1) is 17.0. The Morgan fingerprint density at radius 3 is 2.44 bits per heavy atom. The molecule has 0 saturated heterocycles. The molecule has 1 aliphatic rings. The van der Waals surface area contributed by atoms with Gasteiger partial charge in [0.1, 0.15) is 5.69 Å². The van der Waals surface area contributed by atoms with Gasteiger partial charge in [0.25, 0.3) is 5.91 Å². The molecule has 3 rings (SSSR count). The monoisotopic (exact) mass is 341 g/mol.